The Kier molecular flexibility index (Phi) is 5.18. The highest BCUT2D eigenvalue weighted by atomic mass is 16.5. The minimum atomic E-state index is 0.825. The summed E-state index contributed by atoms with van der Waals surface area (Å²) in [6, 6.07) is 8.36. The summed E-state index contributed by atoms with van der Waals surface area (Å²) in [5.74, 6) is 0.930. The van der Waals surface area contributed by atoms with Crippen molar-refractivity contribution in [3.8, 4) is 17.0 Å². The molecule has 0 spiro atoms. The second-order valence-electron chi connectivity index (χ2n) is 4.74. The Bertz CT molecular complexity index is 548. The van der Waals surface area contributed by atoms with Gasteiger partial charge in [0.15, 0.2) is 0 Å². The van der Waals surface area contributed by atoms with E-state index in [0.29, 0.717) is 0 Å². The highest BCUT2D eigenvalue weighted by Crippen LogP contribution is 2.26. The fourth-order valence-corrected chi connectivity index (χ4v) is 2.31. The molecular formula is C16H23N3O. The number of aromatic nitrogens is 2. The van der Waals surface area contributed by atoms with Crippen molar-refractivity contribution >= 4 is 0 Å². The van der Waals surface area contributed by atoms with Gasteiger partial charge in [0.2, 0.25) is 0 Å². The molecule has 0 aliphatic heterocycles. The van der Waals surface area contributed by atoms with E-state index in [1.54, 1.807) is 7.11 Å². The van der Waals surface area contributed by atoms with Crippen molar-refractivity contribution in [1.29, 1.82) is 0 Å². The zero-order valence-corrected chi connectivity index (χ0v) is 12.5. The molecule has 1 aromatic heterocycles. The van der Waals surface area contributed by atoms with Crippen LogP contribution in [0.2, 0.25) is 0 Å². The summed E-state index contributed by atoms with van der Waals surface area (Å²) >= 11 is 0. The van der Waals surface area contributed by atoms with Crippen LogP contribution in [0.15, 0.2) is 30.5 Å². The van der Waals surface area contributed by atoms with Gasteiger partial charge in [-0.1, -0.05) is 6.92 Å². The molecule has 0 aliphatic rings. The number of nitrogens with one attached hydrogen (secondary N) is 1. The molecule has 2 rings (SSSR count). The van der Waals surface area contributed by atoms with E-state index in [1.807, 2.05) is 16.9 Å². The average Bonchev–Trinajstić information content (AvgIpc) is 2.96. The van der Waals surface area contributed by atoms with Gasteiger partial charge in [0.1, 0.15) is 5.75 Å². The Balaban J connectivity index is 2.29. The van der Waals surface area contributed by atoms with Crippen molar-refractivity contribution in [2.24, 2.45) is 0 Å². The first-order valence-corrected chi connectivity index (χ1v) is 7.20. The SMILES string of the molecule is CCCNCc1cc(-c2ccnn2CC)ccc1OC. The van der Waals surface area contributed by atoms with Crippen LogP contribution in [0.4, 0.5) is 0 Å². The summed E-state index contributed by atoms with van der Waals surface area (Å²) in [7, 11) is 1.72. The van der Waals surface area contributed by atoms with E-state index in [-0.39, 0.29) is 0 Å². The van der Waals surface area contributed by atoms with E-state index in [4.69, 9.17) is 4.74 Å². The van der Waals surface area contributed by atoms with Crippen LogP contribution in [-0.2, 0) is 13.1 Å². The quantitative estimate of drug-likeness (QED) is 0.788. The molecule has 0 bridgehead atoms. The zero-order valence-electron chi connectivity index (χ0n) is 12.5. The first-order chi connectivity index (χ1) is 9.80. The van der Waals surface area contributed by atoms with Crippen LogP contribution in [-0.4, -0.2) is 23.4 Å². The molecule has 0 aliphatic carbocycles. The molecule has 0 saturated carbocycles. The summed E-state index contributed by atoms with van der Waals surface area (Å²) < 4.78 is 7.45. The van der Waals surface area contributed by atoms with Gasteiger partial charge >= 0.3 is 0 Å². The van der Waals surface area contributed by atoms with Crippen molar-refractivity contribution in [1.82, 2.24) is 15.1 Å². The summed E-state index contributed by atoms with van der Waals surface area (Å²) in [6.07, 6.45) is 2.97. The lowest BCUT2D eigenvalue weighted by Crippen LogP contribution is -2.14. The first-order valence-electron chi connectivity index (χ1n) is 7.20. The summed E-state index contributed by atoms with van der Waals surface area (Å²) in [5, 5.41) is 7.75. The Labute approximate surface area is 120 Å². The lowest BCUT2D eigenvalue weighted by atomic mass is 10.1. The van der Waals surface area contributed by atoms with Crippen LogP contribution in [0.5, 0.6) is 5.75 Å². The molecule has 0 unspecified atom stereocenters. The molecule has 0 fully saturated rings. The maximum absolute atomic E-state index is 5.44. The molecule has 108 valence electrons. The lowest BCUT2D eigenvalue weighted by molar-refractivity contribution is 0.408. The van der Waals surface area contributed by atoms with Gasteiger partial charge in [0.25, 0.3) is 0 Å². The Morgan fingerprint density at radius 1 is 1.25 bits per heavy atom. The molecule has 1 heterocycles. The van der Waals surface area contributed by atoms with Gasteiger partial charge in [-0.25, -0.2) is 0 Å². The minimum absolute atomic E-state index is 0.825. The van der Waals surface area contributed by atoms with Crippen LogP contribution in [0, 0.1) is 0 Å². The van der Waals surface area contributed by atoms with Crippen LogP contribution < -0.4 is 10.1 Å². The number of rotatable bonds is 7. The summed E-state index contributed by atoms with van der Waals surface area (Å²) in [4.78, 5) is 0. The molecule has 4 heteroatoms. The number of benzene rings is 1. The second kappa shape index (κ2) is 7.10. The van der Waals surface area contributed by atoms with Crippen LogP contribution >= 0.6 is 0 Å². The van der Waals surface area contributed by atoms with Gasteiger partial charge in [0.05, 0.1) is 12.8 Å². The third-order valence-electron chi connectivity index (χ3n) is 3.33. The largest absolute Gasteiger partial charge is 0.496 e. The van der Waals surface area contributed by atoms with E-state index < -0.39 is 0 Å². The van der Waals surface area contributed by atoms with E-state index >= 15 is 0 Å². The second-order valence-corrected chi connectivity index (χ2v) is 4.74. The first kappa shape index (κ1) is 14.6. The van der Waals surface area contributed by atoms with Crippen molar-refractivity contribution in [2.45, 2.75) is 33.4 Å². The third kappa shape index (κ3) is 3.20. The molecule has 1 aromatic carbocycles. The van der Waals surface area contributed by atoms with Crippen molar-refractivity contribution in [3.05, 3.63) is 36.0 Å². The number of methoxy groups -OCH3 is 1. The molecule has 2 aromatic rings. The Morgan fingerprint density at radius 2 is 2.10 bits per heavy atom. The smallest absolute Gasteiger partial charge is 0.123 e. The standard InChI is InChI=1S/C16H23N3O/c1-4-9-17-12-14-11-13(6-7-16(14)20-3)15-8-10-18-19(15)5-2/h6-8,10-11,17H,4-5,9,12H2,1-3H3. The predicted octanol–water partition coefficient (Wildman–Crippen LogP) is 3.08. The normalized spacial score (nSPS) is 10.8. The molecular weight excluding hydrogens is 250 g/mol. The van der Waals surface area contributed by atoms with E-state index in [2.05, 4.69) is 42.5 Å². The van der Waals surface area contributed by atoms with E-state index in [0.717, 1.165) is 37.5 Å². The van der Waals surface area contributed by atoms with Crippen LogP contribution in [0.1, 0.15) is 25.8 Å². The fraction of sp³-hybridized carbons (Fsp3) is 0.438. The number of ether oxygens (including phenoxy) is 1. The van der Waals surface area contributed by atoms with Gasteiger partial charge in [-0.2, -0.15) is 5.10 Å². The van der Waals surface area contributed by atoms with Gasteiger partial charge in [-0.3, -0.25) is 4.68 Å². The maximum Gasteiger partial charge on any atom is 0.123 e. The number of aryl methyl sites for hydroxylation is 1. The van der Waals surface area contributed by atoms with E-state index in [9.17, 15) is 0 Å². The number of hydrogen-bond acceptors (Lipinski definition) is 3. The molecule has 0 amide bonds. The third-order valence-corrected chi connectivity index (χ3v) is 3.33. The Hall–Kier alpha value is -1.81. The van der Waals surface area contributed by atoms with Gasteiger partial charge in [-0.15, -0.1) is 0 Å². The molecule has 4 nitrogen and oxygen atoms in total. The van der Waals surface area contributed by atoms with Crippen molar-refractivity contribution in [2.75, 3.05) is 13.7 Å². The monoisotopic (exact) mass is 273 g/mol. The molecule has 1 N–H and O–H groups in total. The molecule has 0 saturated heterocycles. The highest BCUT2D eigenvalue weighted by Gasteiger charge is 2.08. The van der Waals surface area contributed by atoms with Gasteiger partial charge < -0.3 is 10.1 Å². The highest BCUT2D eigenvalue weighted by molar-refractivity contribution is 5.62. The summed E-state index contributed by atoms with van der Waals surface area (Å²) in [5.41, 5.74) is 3.51. The molecule has 0 radical (unpaired) electrons. The number of hydrogen-bond donors (Lipinski definition) is 1. The maximum atomic E-state index is 5.44. The zero-order chi connectivity index (χ0) is 14.4. The van der Waals surface area contributed by atoms with Crippen molar-refractivity contribution in [3.63, 3.8) is 0 Å². The summed E-state index contributed by atoms with van der Waals surface area (Å²) in [6.45, 7) is 6.98. The number of nitrogens with zero attached hydrogens (tertiary/aromatic N) is 2. The fourth-order valence-electron chi connectivity index (χ4n) is 2.31. The molecule has 0 atom stereocenters. The van der Waals surface area contributed by atoms with E-state index in [1.165, 1.54) is 11.1 Å². The molecule has 20 heavy (non-hydrogen) atoms. The average molecular weight is 273 g/mol. The van der Waals surface area contributed by atoms with Crippen LogP contribution in [0.25, 0.3) is 11.3 Å². The Morgan fingerprint density at radius 3 is 2.80 bits per heavy atom. The topological polar surface area (TPSA) is 39.1 Å². The van der Waals surface area contributed by atoms with Gasteiger partial charge in [0, 0.05) is 30.4 Å². The lowest BCUT2D eigenvalue weighted by Gasteiger charge is -2.12. The van der Waals surface area contributed by atoms with Crippen LogP contribution in [0.3, 0.4) is 0 Å². The predicted molar refractivity (Wildman–Crippen MR) is 81.9 cm³/mol. The van der Waals surface area contributed by atoms with Gasteiger partial charge in [-0.05, 0) is 44.2 Å². The van der Waals surface area contributed by atoms with Crippen molar-refractivity contribution < 1.29 is 4.74 Å². The minimum Gasteiger partial charge on any atom is -0.496 e.